The summed E-state index contributed by atoms with van der Waals surface area (Å²) in [6.07, 6.45) is 1.98. The number of anilines is 1. The second kappa shape index (κ2) is 5.78. The predicted molar refractivity (Wildman–Crippen MR) is 74.9 cm³/mol. The third-order valence-corrected chi connectivity index (χ3v) is 4.32. The van der Waals surface area contributed by atoms with Crippen molar-refractivity contribution in [1.82, 2.24) is 0 Å². The third-order valence-electron chi connectivity index (χ3n) is 3.04. The molecule has 0 bridgehead atoms. The molecule has 0 saturated carbocycles. The van der Waals surface area contributed by atoms with Crippen LogP contribution in [0.3, 0.4) is 0 Å². The zero-order chi connectivity index (χ0) is 12.3. The summed E-state index contributed by atoms with van der Waals surface area (Å²) in [6, 6.07) is 5.54. The Hall–Kier alpha value is -0.670. The van der Waals surface area contributed by atoms with Crippen LogP contribution in [0.25, 0.3) is 0 Å². The number of thioether (sulfide) groups is 1. The van der Waals surface area contributed by atoms with Gasteiger partial charge in [-0.05, 0) is 55.0 Å². The molecule has 1 fully saturated rings. The van der Waals surface area contributed by atoms with Gasteiger partial charge in [-0.15, -0.1) is 0 Å². The largest absolute Gasteiger partial charge is 0.326 e. The Bertz CT molecular complexity index is 416. The van der Waals surface area contributed by atoms with Crippen molar-refractivity contribution in [2.45, 2.75) is 19.8 Å². The minimum Gasteiger partial charge on any atom is -0.326 e. The monoisotopic (exact) mass is 269 g/mol. The molecule has 92 valence electrons. The molecule has 2 nitrogen and oxygen atoms in total. The highest BCUT2D eigenvalue weighted by Crippen LogP contribution is 2.25. The van der Waals surface area contributed by atoms with E-state index in [0.29, 0.717) is 5.02 Å². The Morgan fingerprint density at radius 3 is 2.76 bits per heavy atom. The molecule has 17 heavy (non-hydrogen) atoms. The summed E-state index contributed by atoms with van der Waals surface area (Å²) in [7, 11) is 0. The molecule has 1 N–H and O–H groups in total. The second-order valence-corrected chi connectivity index (χ2v) is 6.00. The highest BCUT2D eigenvalue weighted by atomic mass is 35.5. The number of amides is 1. The maximum absolute atomic E-state index is 12.1. The van der Waals surface area contributed by atoms with Crippen molar-refractivity contribution in [2.75, 3.05) is 16.8 Å². The van der Waals surface area contributed by atoms with Crippen LogP contribution in [-0.4, -0.2) is 17.4 Å². The maximum atomic E-state index is 12.1. The van der Waals surface area contributed by atoms with E-state index in [1.54, 1.807) is 6.07 Å². The Labute approximate surface area is 111 Å². The lowest BCUT2D eigenvalue weighted by atomic mass is 10.0. The van der Waals surface area contributed by atoms with E-state index in [1.165, 1.54) is 0 Å². The van der Waals surface area contributed by atoms with Crippen LogP contribution in [0.5, 0.6) is 0 Å². The molecule has 1 saturated heterocycles. The molecule has 1 amide bonds. The van der Waals surface area contributed by atoms with E-state index in [1.807, 2.05) is 30.8 Å². The Balaban J connectivity index is 2.02. The van der Waals surface area contributed by atoms with Crippen LogP contribution >= 0.6 is 23.4 Å². The second-order valence-electron chi connectivity index (χ2n) is 4.34. The first-order chi connectivity index (χ1) is 8.16. The Kier molecular flexibility index (Phi) is 4.35. The van der Waals surface area contributed by atoms with Gasteiger partial charge < -0.3 is 5.32 Å². The SMILES string of the molecule is Cc1cc(Cl)ccc1NC(=O)C1CCSCC1. The average molecular weight is 270 g/mol. The lowest BCUT2D eigenvalue weighted by molar-refractivity contribution is -0.120. The fourth-order valence-corrected chi connectivity index (χ4v) is 3.30. The van der Waals surface area contributed by atoms with Gasteiger partial charge in [-0.1, -0.05) is 11.6 Å². The fourth-order valence-electron chi connectivity index (χ4n) is 1.96. The lowest BCUT2D eigenvalue weighted by Gasteiger charge is -2.21. The average Bonchev–Trinajstić information content (AvgIpc) is 2.34. The zero-order valence-corrected chi connectivity index (χ0v) is 11.4. The summed E-state index contributed by atoms with van der Waals surface area (Å²) in [5, 5.41) is 3.70. The van der Waals surface area contributed by atoms with Crippen molar-refractivity contribution in [3.63, 3.8) is 0 Å². The van der Waals surface area contributed by atoms with E-state index in [4.69, 9.17) is 11.6 Å². The van der Waals surface area contributed by atoms with Gasteiger partial charge >= 0.3 is 0 Å². The van der Waals surface area contributed by atoms with Crippen LogP contribution < -0.4 is 5.32 Å². The molecule has 0 spiro atoms. The lowest BCUT2D eigenvalue weighted by Crippen LogP contribution is -2.26. The van der Waals surface area contributed by atoms with Gasteiger partial charge in [0.25, 0.3) is 0 Å². The molecule has 0 atom stereocenters. The molecule has 1 aromatic rings. The van der Waals surface area contributed by atoms with Gasteiger partial charge in [0, 0.05) is 16.6 Å². The van der Waals surface area contributed by atoms with Gasteiger partial charge in [0.1, 0.15) is 0 Å². The van der Waals surface area contributed by atoms with Gasteiger partial charge in [-0.3, -0.25) is 4.79 Å². The summed E-state index contributed by atoms with van der Waals surface area (Å²) in [5.41, 5.74) is 1.88. The molecule has 2 rings (SSSR count). The number of hydrogen-bond donors (Lipinski definition) is 1. The van der Waals surface area contributed by atoms with Crippen LogP contribution in [0.15, 0.2) is 18.2 Å². The molecule has 4 heteroatoms. The molecular weight excluding hydrogens is 254 g/mol. The first-order valence-corrected chi connectivity index (χ1v) is 7.35. The smallest absolute Gasteiger partial charge is 0.227 e. The van der Waals surface area contributed by atoms with Gasteiger partial charge in [0.15, 0.2) is 0 Å². The van der Waals surface area contributed by atoms with Gasteiger partial charge in [-0.2, -0.15) is 11.8 Å². The van der Waals surface area contributed by atoms with Crippen molar-refractivity contribution in [2.24, 2.45) is 5.92 Å². The van der Waals surface area contributed by atoms with Crippen LogP contribution in [-0.2, 0) is 4.79 Å². The quantitative estimate of drug-likeness (QED) is 0.886. The number of nitrogens with one attached hydrogen (secondary N) is 1. The van der Waals surface area contributed by atoms with E-state index < -0.39 is 0 Å². The zero-order valence-electron chi connectivity index (χ0n) is 9.83. The summed E-state index contributed by atoms with van der Waals surface area (Å²) < 4.78 is 0. The minimum atomic E-state index is 0.149. The molecular formula is C13H16ClNOS. The van der Waals surface area contributed by atoms with Crippen LogP contribution in [0, 0.1) is 12.8 Å². The molecule has 1 heterocycles. The van der Waals surface area contributed by atoms with E-state index in [9.17, 15) is 4.79 Å². The fraction of sp³-hybridized carbons (Fsp3) is 0.462. The van der Waals surface area contributed by atoms with Gasteiger partial charge in [0.05, 0.1) is 0 Å². The van der Waals surface area contributed by atoms with Crippen LogP contribution in [0.1, 0.15) is 18.4 Å². The van der Waals surface area contributed by atoms with Crippen molar-refractivity contribution < 1.29 is 4.79 Å². The van der Waals surface area contributed by atoms with Crippen LogP contribution in [0.2, 0.25) is 5.02 Å². The number of carbonyl (C=O) groups is 1. The Morgan fingerprint density at radius 1 is 1.41 bits per heavy atom. The molecule has 0 aromatic heterocycles. The normalized spacial score (nSPS) is 16.8. The number of carbonyl (C=O) groups excluding carboxylic acids is 1. The van der Waals surface area contributed by atoms with E-state index >= 15 is 0 Å². The summed E-state index contributed by atoms with van der Waals surface area (Å²) in [5.74, 6) is 2.51. The van der Waals surface area contributed by atoms with E-state index in [0.717, 1.165) is 35.6 Å². The van der Waals surface area contributed by atoms with E-state index in [2.05, 4.69) is 5.32 Å². The topological polar surface area (TPSA) is 29.1 Å². The summed E-state index contributed by atoms with van der Waals surface area (Å²) >= 11 is 7.82. The number of halogens is 1. The van der Waals surface area contributed by atoms with Crippen molar-refractivity contribution in [1.29, 1.82) is 0 Å². The van der Waals surface area contributed by atoms with E-state index in [-0.39, 0.29) is 11.8 Å². The third kappa shape index (κ3) is 3.39. The standard InChI is InChI=1S/C13H16ClNOS/c1-9-8-11(14)2-3-12(9)15-13(16)10-4-6-17-7-5-10/h2-3,8,10H,4-7H2,1H3,(H,15,16). The summed E-state index contributed by atoms with van der Waals surface area (Å²) in [4.78, 5) is 12.1. The molecule has 0 unspecified atom stereocenters. The van der Waals surface area contributed by atoms with Crippen LogP contribution in [0.4, 0.5) is 5.69 Å². The first kappa shape index (κ1) is 12.8. The molecule has 0 aliphatic carbocycles. The van der Waals surface area contributed by atoms with Gasteiger partial charge in [0.2, 0.25) is 5.91 Å². The summed E-state index contributed by atoms with van der Waals surface area (Å²) in [6.45, 7) is 1.96. The maximum Gasteiger partial charge on any atom is 0.227 e. The molecule has 1 aliphatic heterocycles. The highest BCUT2D eigenvalue weighted by molar-refractivity contribution is 7.99. The molecule has 0 radical (unpaired) electrons. The predicted octanol–water partition coefficient (Wildman–Crippen LogP) is 3.73. The number of hydrogen-bond acceptors (Lipinski definition) is 2. The van der Waals surface area contributed by atoms with Crippen molar-refractivity contribution >= 4 is 35.0 Å². The molecule has 1 aliphatic rings. The molecule has 1 aromatic carbocycles. The number of aryl methyl sites for hydroxylation is 1. The first-order valence-electron chi connectivity index (χ1n) is 5.81. The highest BCUT2D eigenvalue weighted by Gasteiger charge is 2.21. The number of benzene rings is 1. The van der Waals surface area contributed by atoms with Gasteiger partial charge in [-0.25, -0.2) is 0 Å². The Morgan fingerprint density at radius 2 is 2.12 bits per heavy atom. The van der Waals surface area contributed by atoms with Crippen molar-refractivity contribution in [3.05, 3.63) is 28.8 Å². The van der Waals surface area contributed by atoms with Crippen molar-refractivity contribution in [3.8, 4) is 0 Å². The number of rotatable bonds is 2. The minimum absolute atomic E-state index is 0.149.